The maximum absolute atomic E-state index is 10.0. The van der Waals surface area contributed by atoms with Gasteiger partial charge < -0.3 is 15.0 Å². The largest absolute Gasteiger partial charge is 0.396 e. The molecule has 4 rings (SSSR count). The first-order valence-electron chi connectivity index (χ1n) is 8.48. The molecule has 0 spiro atoms. The Labute approximate surface area is 142 Å². The lowest BCUT2D eigenvalue weighted by atomic mass is 9.91. The lowest BCUT2D eigenvalue weighted by Crippen LogP contribution is -2.38. The summed E-state index contributed by atoms with van der Waals surface area (Å²) in [5.41, 5.74) is 3.74. The number of nitrogens with one attached hydrogen (secondary N) is 1. The van der Waals surface area contributed by atoms with Gasteiger partial charge in [-0.15, -0.1) is 0 Å². The zero-order valence-corrected chi connectivity index (χ0v) is 13.5. The molecule has 3 aromatic rings. The monoisotopic (exact) mass is 318 g/mol. The van der Waals surface area contributed by atoms with Gasteiger partial charge in [0.25, 0.3) is 0 Å². The minimum atomic E-state index is 0.105. The van der Waals surface area contributed by atoms with E-state index in [1.165, 1.54) is 16.8 Å². The maximum Gasteiger partial charge on any atom is 0.0743 e. The van der Waals surface area contributed by atoms with Crippen LogP contribution in [0.3, 0.4) is 0 Å². The quantitative estimate of drug-likeness (QED) is 0.757. The van der Waals surface area contributed by atoms with Crippen molar-refractivity contribution in [1.82, 2.24) is 9.88 Å². The molecule has 0 amide bonds. The molecule has 2 heterocycles. The molecule has 3 nitrogen and oxygen atoms in total. The summed E-state index contributed by atoms with van der Waals surface area (Å²) < 4.78 is 2.30. The fraction of sp³-hybridized carbons (Fsp3) is 0.238. The molecule has 3 atom stereocenters. The average Bonchev–Trinajstić information content (AvgIpc) is 3.21. The summed E-state index contributed by atoms with van der Waals surface area (Å²) in [5, 5.41) is 13.7. The SMILES string of the molecule is OC[C@@H]1c2cccn2[C@@H](c2ccccc2)[C@@H]1NCc1ccccc1. The average molecular weight is 318 g/mol. The summed E-state index contributed by atoms with van der Waals surface area (Å²) in [6.45, 7) is 0.954. The van der Waals surface area contributed by atoms with E-state index in [1.807, 2.05) is 12.1 Å². The Balaban J connectivity index is 1.65. The highest BCUT2D eigenvalue weighted by atomic mass is 16.3. The van der Waals surface area contributed by atoms with Gasteiger partial charge in [0, 0.05) is 30.4 Å². The normalized spacial score (nSPS) is 22.5. The number of hydrogen-bond acceptors (Lipinski definition) is 2. The fourth-order valence-corrected chi connectivity index (χ4v) is 3.86. The molecule has 2 aromatic carbocycles. The zero-order valence-electron chi connectivity index (χ0n) is 13.5. The number of aliphatic hydroxyl groups excluding tert-OH is 1. The van der Waals surface area contributed by atoms with Gasteiger partial charge in [0.15, 0.2) is 0 Å². The van der Waals surface area contributed by atoms with Gasteiger partial charge in [-0.25, -0.2) is 0 Å². The predicted molar refractivity (Wildman–Crippen MR) is 95.9 cm³/mol. The number of rotatable bonds is 5. The van der Waals surface area contributed by atoms with Crippen LogP contribution in [0, 0.1) is 0 Å². The van der Waals surface area contributed by atoms with E-state index in [4.69, 9.17) is 0 Å². The van der Waals surface area contributed by atoms with Crippen LogP contribution >= 0.6 is 0 Å². The van der Waals surface area contributed by atoms with Gasteiger partial charge in [-0.2, -0.15) is 0 Å². The van der Waals surface area contributed by atoms with Gasteiger partial charge in [-0.1, -0.05) is 60.7 Å². The van der Waals surface area contributed by atoms with E-state index in [2.05, 4.69) is 76.7 Å². The maximum atomic E-state index is 10.0. The molecule has 2 N–H and O–H groups in total. The second-order valence-electron chi connectivity index (χ2n) is 6.38. The number of nitrogens with zero attached hydrogens (tertiary/aromatic N) is 1. The third-order valence-corrected chi connectivity index (χ3v) is 4.99. The van der Waals surface area contributed by atoms with Crippen molar-refractivity contribution in [2.45, 2.75) is 24.5 Å². The van der Waals surface area contributed by atoms with Crippen molar-refractivity contribution < 1.29 is 5.11 Å². The molecule has 1 aromatic heterocycles. The van der Waals surface area contributed by atoms with Crippen LogP contribution < -0.4 is 5.32 Å². The van der Waals surface area contributed by atoms with Crippen LogP contribution in [-0.2, 0) is 6.54 Å². The highest BCUT2D eigenvalue weighted by Gasteiger charge is 2.40. The van der Waals surface area contributed by atoms with Crippen molar-refractivity contribution in [2.24, 2.45) is 0 Å². The highest BCUT2D eigenvalue weighted by Crippen LogP contribution is 2.40. The van der Waals surface area contributed by atoms with Crippen molar-refractivity contribution in [3.8, 4) is 0 Å². The van der Waals surface area contributed by atoms with Crippen molar-refractivity contribution in [2.75, 3.05) is 6.61 Å². The Kier molecular flexibility index (Phi) is 4.20. The molecule has 0 bridgehead atoms. The van der Waals surface area contributed by atoms with Crippen molar-refractivity contribution in [1.29, 1.82) is 0 Å². The summed E-state index contributed by atoms with van der Waals surface area (Å²) in [6, 6.07) is 25.6. The molecule has 0 fully saturated rings. The first kappa shape index (κ1) is 15.2. The molecule has 1 aliphatic rings. The van der Waals surface area contributed by atoms with E-state index in [-0.39, 0.29) is 24.6 Å². The topological polar surface area (TPSA) is 37.2 Å². The lowest BCUT2D eigenvalue weighted by Gasteiger charge is -2.26. The third kappa shape index (κ3) is 2.66. The summed E-state index contributed by atoms with van der Waals surface area (Å²) in [6.07, 6.45) is 2.12. The van der Waals surface area contributed by atoms with Crippen molar-refractivity contribution in [3.05, 3.63) is 95.8 Å². The van der Waals surface area contributed by atoms with Crippen LogP contribution in [0.25, 0.3) is 0 Å². The molecule has 0 saturated carbocycles. The van der Waals surface area contributed by atoms with E-state index in [9.17, 15) is 5.11 Å². The summed E-state index contributed by atoms with van der Waals surface area (Å²) in [5.74, 6) is 0.105. The first-order chi connectivity index (χ1) is 11.9. The smallest absolute Gasteiger partial charge is 0.0743 e. The number of benzene rings is 2. The van der Waals surface area contributed by atoms with Gasteiger partial charge >= 0.3 is 0 Å². The lowest BCUT2D eigenvalue weighted by molar-refractivity contribution is 0.236. The summed E-state index contributed by atoms with van der Waals surface area (Å²) in [4.78, 5) is 0. The molecule has 24 heavy (non-hydrogen) atoms. The number of aliphatic hydroxyl groups is 1. The Bertz CT molecular complexity index is 782. The number of aromatic nitrogens is 1. The highest BCUT2D eigenvalue weighted by molar-refractivity contribution is 5.33. The van der Waals surface area contributed by atoms with E-state index in [0.29, 0.717) is 0 Å². The van der Waals surface area contributed by atoms with Crippen LogP contribution in [0.15, 0.2) is 79.0 Å². The van der Waals surface area contributed by atoms with Crippen molar-refractivity contribution in [3.63, 3.8) is 0 Å². The Morgan fingerprint density at radius 2 is 1.58 bits per heavy atom. The second kappa shape index (κ2) is 6.63. The molecule has 122 valence electrons. The Morgan fingerprint density at radius 1 is 0.875 bits per heavy atom. The Morgan fingerprint density at radius 3 is 2.29 bits per heavy atom. The summed E-state index contributed by atoms with van der Waals surface area (Å²) >= 11 is 0. The summed E-state index contributed by atoms with van der Waals surface area (Å²) in [7, 11) is 0. The van der Waals surface area contributed by atoms with E-state index >= 15 is 0 Å². The van der Waals surface area contributed by atoms with Gasteiger partial charge in [-0.3, -0.25) is 0 Å². The molecular weight excluding hydrogens is 296 g/mol. The van der Waals surface area contributed by atoms with Crippen LogP contribution in [-0.4, -0.2) is 22.3 Å². The van der Waals surface area contributed by atoms with Crippen LogP contribution in [0.2, 0.25) is 0 Å². The van der Waals surface area contributed by atoms with E-state index in [0.717, 1.165) is 6.54 Å². The molecule has 0 unspecified atom stereocenters. The molecular formula is C21H22N2O. The minimum absolute atomic E-state index is 0.105. The van der Waals surface area contributed by atoms with Crippen LogP contribution in [0.1, 0.15) is 28.8 Å². The first-order valence-corrected chi connectivity index (χ1v) is 8.48. The van der Waals surface area contributed by atoms with E-state index in [1.54, 1.807) is 0 Å². The van der Waals surface area contributed by atoms with Crippen LogP contribution in [0.4, 0.5) is 0 Å². The molecule has 0 saturated heterocycles. The molecule has 0 radical (unpaired) electrons. The molecule has 1 aliphatic heterocycles. The predicted octanol–water partition coefficient (Wildman–Crippen LogP) is 3.33. The minimum Gasteiger partial charge on any atom is -0.396 e. The van der Waals surface area contributed by atoms with Gasteiger partial charge in [0.05, 0.1) is 12.6 Å². The molecule has 0 aliphatic carbocycles. The van der Waals surface area contributed by atoms with Crippen LogP contribution in [0.5, 0.6) is 0 Å². The Hall–Kier alpha value is -2.36. The van der Waals surface area contributed by atoms with Crippen molar-refractivity contribution >= 4 is 0 Å². The standard InChI is InChI=1S/C21H22N2O/c24-15-18-19-12-7-13-23(19)21(17-10-5-2-6-11-17)20(18)22-14-16-8-3-1-4-9-16/h1-13,18,20-22,24H,14-15H2/t18-,20-,21+/m1/s1. The zero-order chi connectivity index (χ0) is 16.4. The fourth-order valence-electron chi connectivity index (χ4n) is 3.86. The van der Waals surface area contributed by atoms with Gasteiger partial charge in [-0.05, 0) is 23.3 Å². The molecule has 3 heteroatoms. The van der Waals surface area contributed by atoms with E-state index < -0.39 is 0 Å². The van der Waals surface area contributed by atoms with Gasteiger partial charge in [0.2, 0.25) is 0 Å². The second-order valence-corrected chi connectivity index (χ2v) is 6.38. The van der Waals surface area contributed by atoms with Gasteiger partial charge in [0.1, 0.15) is 0 Å². The number of hydrogen-bond donors (Lipinski definition) is 2. The third-order valence-electron chi connectivity index (χ3n) is 4.99. The number of fused-ring (bicyclic) bond motifs is 1.